The maximum Gasteiger partial charge on any atom is 0.0633 e. The molecule has 0 radical (unpaired) electrons. The molecule has 0 aliphatic rings. The fraction of sp³-hybridized carbons (Fsp3) is 0.500. The van der Waals surface area contributed by atoms with Crippen molar-refractivity contribution < 1.29 is 10.2 Å². The van der Waals surface area contributed by atoms with E-state index in [2.05, 4.69) is 24.4 Å². The van der Waals surface area contributed by atoms with E-state index in [1.165, 1.54) is 5.56 Å². The van der Waals surface area contributed by atoms with Gasteiger partial charge in [-0.3, -0.25) is 0 Å². The fourth-order valence-corrected chi connectivity index (χ4v) is 1.44. The Morgan fingerprint density at radius 3 is 2.33 bits per heavy atom. The number of nitrogens with one attached hydrogen (secondary N) is 1. The first-order chi connectivity index (χ1) is 7.30. The van der Waals surface area contributed by atoms with E-state index in [1.54, 1.807) is 0 Å². The average molecular weight is 209 g/mol. The lowest BCUT2D eigenvalue weighted by Gasteiger charge is -2.16. The molecule has 0 spiro atoms. The van der Waals surface area contributed by atoms with E-state index in [0.29, 0.717) is 6.42 Å². The van der Waals surface area contributed by atoms with Gasteiger partial charge in [0.15, 0.2) is 0 Å². The molecule has 0 saturated carbocycles. The Morgan fingerprint density at radius 1 is 1.20 bits per heavy atom. The van der Waals surface area contributed by atoms with Crippen molar-refractivity contribution in [2.75, 3.05) is 18.5 Å². The second kappa shape index (κ2) is 6.43. The van der Waals surface area contributed by atoms with Crippen LogP contribution >= 0.6 is 0 Å². The molecule has 0 bridgehead atoms. The Labute approximate surface area is 90.8 Å². The van der Waals surface area contributed by atoms with E-state index >= 15 is 0 Å². The molecule has 3 heteroatoms. The van der Waals surface area contributed by atoms with Crippen LogP contribution in [0.1, 0.15) is 18.9 Å². The average Bonchev–Trinajstić information content (AvgIpc) is 2.29. The van der Waals surface area contributed by atoms with Crippen molar-refractivity contribution in [3.05, 3.63) is 29.8 Å². The van der Waals surface area contributed by atoms with Crippen LogP contribution in [0.5, 0.6) is 0 Å². The maximum absolute atomic E-state index is 9.05. The number of aliphatic hydroxyl groups excluding tert-OH is 2. The van der Waals surface area contributed by atoms with Gasteiger partial charge in [-0.25, -0.2) is 0 Å². The number of benzene rings is 1. The molecule has 3 N–H and O–H groups in total. The van der Waals surface area contributed by atoms with Gasteiger partial charge in [0.2, 0.25) is 0 Å². The third kappa shape index (κ3) is 3.90. The molecular weight excluding hydrogens is 190 g/mol. The number of hydrogen-bond donors (Lipinski definition) is 3. The molecule has 0 saturated heterocycles. The SMILES string of the molecule is CCc1ccc(NC(CO)CCO)cc1. The van der Waals surface area contributed by atoms with Gasteiger partial charge in [0.1, 0.15) is 0 Å². The van der Waals surface area contributed by atoms with Crippen LogP contribution in [-0.2, 0) is 6.42 Å². The molecule has 1 aromatic rings. The van der Waals surface area contributed by atoms with E-state index in [-0.39, 0.29) is 19.3 Å². The second-order valence-corrected chi connectivity index (χ2v) is 3.59. The van der Waals surface area contributed by atoms with Crippen molar-refractivity contribution in [3.63, 3.8) is 0 Å². The highest BCUT2D eigenvalue weighted by molar-refractivity contribution is 5.45. The molecule has 15 heavy (non-hydrogen) atoms. The molecular formula is C12H19NO2. The minimum absolute atomic E-state index is 0.0378. The Morgan fingerprint density at radius 2 is 1.87 bits per heavy atom. The first-order valence-corrected chi connectivity index (χ1v) is 5.37. The monoisotopic (exact) mass is 209 g/mol. The second-order valence-electron chi connectivity index (χ2n) is 3.59. The van der Waals surface area contributed by atoms with E-state index < -0.39 is 0 Å². The van der Waals surface area contributed by atoms with Gasteiger partial charge in [-0.05, 0) is 30.5 Å². The largest absolute Gasteiger partial charge is 0.396 e. The van der Waals surface area contributed by atoms with Crippen LogP contribution in [0.25, 0.3) is 0 Å². The molecule has 0 aliphatic heterocycles. The molecule has 84 valence electrons. The maximum atomic E-state index is 9.05. The summed E-state index contributed by atoms with van der Waals surface area (Å²) >= 11 is 0. The summed E-state index contributed by atoms with van der Waals surface area (Å²) in [4.78, 5) is 0. The zero-order valence-corrected chi connectivity index (χ0v) is 9.11. The summed E-state index contributed by atoms with van der Waals surface area (Å²) in [5.74, 6) is 0. The summed E-state index contributed by atoms with van der Waals surface area (Å²) < 4.78 is 0. The third-order valence-electron chi connectivity index (χ3n) is 2.43. The van der Waals surface area contributed by atoms with Gasteiger partial charge in [0.25, 0.3) is 0 Å². The Bertz CT molecular complexity index is 271. The molecule has 3 nitrogen and oxygen atoms in total. The zero-order chi connectivity index (χ0) is 11.1. The summed E-state index contributed by atoms with van der Waals surface area (Å²) in [5.41, 5.74) is 2.28. The molecule has 0 amide bonds. The van der Waals surface area contributed by atoms with E-state index in [0.717, 1.165) is 12.1 Å². The highest BCUT2D eigenvalue weighted by Crippen LogP contribution is 2.11. The number of hydrogen-bond acceptors (Lipinski definition) is 3. The quantitative estimate of drug-likeness (QED) is 0.664. The van der Waals surface area contributed by atoms with E-state index in [4.69, 9.17) is 10.2 Å². The van der Waals surface area contributed by atoms with Gasteiger partial charge in [0.05, 0.1) is 12.6 Å². The molecule has 1 aromatic carbocycles. The molecule has 1 atom stereocenters. The highest BCUT2D eigenvalue weighted by Gasteiger charge is 2.05. The van der Waals surface area contributed by atoms with Gasteiger partial charge < -0.3 is 15.5 Å². The third-order valence-corrected chi connectivity index (χ3v) is 2.43. The summed E-state index contributed by atoms with van der Waals surface area (Å²) in [5, 5.41) is 21.0. The van der Waals surface area contributed by atoms with Crippen LogP contribution in [-0.4, -0.2) is 29.5 Å². The molecule has 0 aliphatic carbocycles. The van der Waals surface area contributed by atoms with Gasteiger partial charge in [-0.15, -0.1) is 0 Å². The topological polar surface area (TPSA) is 52.5 Å². The van der Waals surface area contributed by atoms with Crippen molar-refractivity contribution in [2.24, 2.45) is 0 Å². The molecule has 1 rings (SSSR count). The molecule has 0 aromatic heterocycles. The summed E-state index contributed by atoms with van der Waals surface area (Å²) in [6, 6.07) is 8.06. The Balaban J connectivity index is 2.55. The predicted octanol–water partition coefficient (Wildman–Crippen LogP) is 1.40. The standard InChI is InChI=1S/C12H19NO2/c1-2-10-3-5-11(6-4-10)13-12(9-15)7-8-14/h3-6,12-15H,2,7-9H2,1H3. The number of aliphatic hydroxyl groups is 2. The van der Waals surface area contributed by atoms with Gasteiger partial charge in [-0.1, -0.05) is 19.1 Å². The van der Waals surface area contributed by atoms with Gasteiger partial charge >= 0.3 is 0 Å². The number of anilines is 1. The predicted molar refractivity (Wildman–Crippen MR) is 62.0 cm³/mol. The molecule has 0 fully saturated rings. The molecule has 0 heterocycles. The van der Waals surface area contributed by atoms with Gasteiger partial charge in [-0.2, -0.15) is 0 Å². The highest BCUT2D eigenvalue weighted by atomic mass is 16.3. The fourth-order valence-electron chi connectivity index (χ4n) is 1.44. The Hall–Kier alpha value is -1.06. The lowest BCUT2D eigenvalue weighted by atomic mass is 10.1. The van der Waals surface area contributed by atoms with Crippen molar-refractivity contribution in [1.82, 2.24) is 0 Å². The summed E-state index contributed by atoms with van der Waals surface area (Å²) in [7, 11) is 0. The lowest BCUT2D eigenvalue weighted by molar-refractivity contribution is 0.229. The molecule has 1 unspecified atom stereocenters. The van der Waals surface area contributed by atoms with Crippen molar-refractivity contribution in [2.45, 2.75) is 25.8 Å². The first kappa shape index (κ1) is 12.0. The van der Waals surface area contributed by atoms with Crippen molar-refractivity contribution in [1.29, 1.82) is 0 Å². The lowest BCUT2D eigenvalue weighted by Crippen LogP contribution is -2.24. The van der Waals surface area contributed by atoms with Crippen LogP contribution < -0.4 is 5.32 Å². The van der Waals surface area contributed by atoms with Crippen LogP contribution in [0.2, 0.25) is 0 Å². The minimum atomic E-state index is -0.0672. The van der Waals surface area contributed by atoms with Crippen LogP contribution in [0.3, 0.4) is 0 Å². The van der Waals surface area contributed by atoms with Crippen LogP contribution in [0.15, 0.2) is 24.3 Å². The van der Waals surface area contributed by atoms with E-state index in [9.17, 15) is 0 Å². The van der Waals surface area contributed by atoms with E-state index in [1.807, 2.05) is 12.1 Å². The summed E-state index contributed by atoms with van der Waals surface area (Å²) in [6.45, 7) is 2.24. The van der Waals surface area contributed by atoms with Crippen LogP contribution in [0.4, 0.5) is 5.69 Å². The minimum Gasteiger partial charge on any atom is -0.396 e. The first-order valence-electron chi connectivity index (χ1n) is 5.37. The van der Waals surface area contributed by atoms with Crippen LogP contribution in [0, 0.1) is 0 Å². The number of aryl methyl sites for hydroxylation is 1. The van der Waals surface area contributed by atoms with Crippen molar-refractivity contribution >= 4 is 5.69 Å². The zero-order valence-electron chi connectivity index (χ0n) is 9.11. The van der Waals surface area contributed by atoms with Crippen molar-refractivity contribution in [3.8, 4) is 0 Å². The normalized spacial score (nSPS) is 12.5. The smallest absolute Gasteiger partial charge is 0.0633 e. The summed E-state index contributed by atoms with van der Waals surface area (Å²) in [6.07, 6.45) is 1.59. The van der Waals surface area contributed by atoms with Gasteiger partial charge in [0, 0.05) is 12.3 Å². The Kier molecular flexibility index (Phi) is 5.15. The number of rotatable bonds is 6.